The van der Waals surface area contributed by atoms with Crippen molar-refractivity contribution in [3.63, 3.8) is 0 Å². The number of alkyl halides is 2. The quantitative estimate of drug-likeness (QED) is 0.394. The number of halogens is 3. The van der Waals surface area contributed by atoms with Crippen LogP contribution >= 0.6 is 11.6 Å². The van der Waals surface area contributed by atoms with E-state index >= 15 is 0 Å². The summed E-state index contributed by atoms with van der Waals surface area (Å²) >= 11 is 6.30. The summed E-state index contributed by atoms with van der Waals surface area (Å²) in [6, 6.07) is 10.8. The molecule has 0 aliphatic carbocycles. The zero-order chi connectivity index (χ0) is 23.5. The van der Waals surface area contributed by atoms with Crippen molar-refractivity contribution >= 4 is 11.6 Å². The summed E-state index contributed by atoms with van der Waals surface area (Å²) in [6.45, 7) is -2.07. The molecule has 1 unspecified atom stereocenters. The summed E-state index contributed by atoms with van der Waals surface area (Å²) in [5.74, 6) is -2.12. The van der Waals surface area contributed by atoms with E-state index < -0.39 is 49.8 Å². The van der Waals surface area contributed by atoms with E-state index in [-0.39, 0.29) is 12.0 Å². The van der Waals surface area contributed by atoms with E-state index in [1.165, 1.54) is 18.2 Å². The SMILES string of the molecule is OCC1(CO)CC(O)[C@@H](O)[C@](O)(c2ccc(Cl)c(Cc3ccc(OCC(F)F)cc3)c2)O1. The number of rotatable bonds is 8. The van der Waals surface area contributed by atoms with E-state index in [1.807, 2.05) is 0 Å². The minimum atomic E-state index is -2.58. The van der Waals surface area contributed by atoms with Crippen LogP contribution in [0.4, 0.5) is 8.78 Å². The zero-order valence-electron chi connectivity index (χ0n) is 17.0. The summed E-state index contributed by atoms with van der Waals surface area (Å²) in [6.07, 6.45) is -5.76. The van der Waals surface area contributed by atoms with E-state index in [1.54, 1.807) is 24.3 Å². The maximum absolute atomic E-state index is 12.3. The van der Waals surface area contributed by atoms with Gasteiger partial charge in [0.25, 0.3) is 6.43 Å². The molecule has 176 valence electrons. The molecule has 0 aromatic heterocycles. The molecule has 3 atom stereocenters. The lowest BCUT2D eigenvalue weighted by Gasteiger charge is -2.48. The Morgan fingerprint density at radius 1 is 1.09 bits per heavy atom. The van der Waals surface area contributed by atoms with Crippen molar-refractivity contribution in [3.8, 4) is 5.75 Å². The summed E-state index contributed by atoms with van der Waals surface area (Å²) in [4.78, 5) is 0. The maximum atomic E-state index is 12.3. The predicted molar refractivity (Wildman–Crippen MR) is 111 cm³/mol. The molecule has 0 bridgehead atoms. The maximum Gasteiger partial charge on any atom is 0.272 e. The molecule has 10 heteroatoms. The smallest absolute Gasteiger partial charge is 0.272 e. The van der Waals surface area contributed by atoms with Crippen molar-refractivity contribution in [1.29, 1.82) is 0 Å². The number of benzene rings is 2. The van der Waals surface area contributed by atoms with Crippen molar-refractivity contribution in [1.82, 2.24) is 0 Å². The minimum absolute atomic E-state index is 0.0753. The van der Waals surface area contributed by atoms with Crippen LogP contribution in [-0.4, -0.2) is 69.6 Å². The number of hydrogen-bond acceptors (Lipinski definition) is 7. The fraction of sp³-hybridized carbons (Fsp3) is 0.455. The van der Waals surface area contributed by atoms with Gasteiger partial charge in [0.15, 0.2) is 0 Å². The molecule has 1 aliphatic rings. The van der Waals surface area contributed by atoms with Crippen LogP contribution in [0.15, 0.2) is 42.5 Å². The molecule has 7 nitrogen and oxygen atoms in total. The molecule has 32 heavy (non-hydrogen) atoms. The van der Waals surface area contributed by atoms with E-state index in [0.29, 0.717) is 22.8 Å². The van der Waals surface area contributed by atoms with Crippen LogP contribution in [0.25, 0.3) is 0 Å². The number of hydrogen-bond donors (Lipinski definition) is 5. The van der Waals surface area contributed by atoms with Gasteiger partial charge in [0.2, 0.25) is 5.79 Å². The highest BCUT2D eigenvalue weighted by atomic mass is 35.5. The van der Waals surface area contributed by atoms with E-state index in [2.05, 4.69) is 0 Å². The van der Waals surface area contributed by atoms with Crippen LogP contribution in [0.1, 0.15) is 23.1 Å². The number of aliphatic hydroxyl groups excluding tert-OH is 4. The third-order valence-electron chi connectivity index (χ3n) is 5.45. The number of ether oxygens (including phenoxy) is 2. The molecule has 2 aromatic rings. The fourth-order valence-electron chi connectivity index (χ4n) is 3.67. The molecular weight excluding hydrogens is 450 g/mol. The Kier molecular flexibility index (Phi) is 7.72. The first-order valence-electron chi connectivity index (χ1n) is 9.91. The summed E-state index contributed by atoms with van der Waals surface area (Å²) in [5, 5.41) is 51.5. The Bertz CT molecular complexity index is 908. The highest BCUT2D eigenvalue weighted by Gasteiger charge is 2.55. The van der Waals surface area contributed by atoms with Crippen molar-refractivity contribution in [2.45, 2.75) is 42.9 Å². The molecule has 0 spiro atoms. The van der Waals surface area contributed by atoms with Crippen LogP contribution in [-0.2, 0) is 16.9 Å². The molecule has 1 heterocycles. The average Bonchev–Trinajstić information content (AvgIpc) is 2.78. The fourth-order valence-corrected chi connectivity index (χ4v) is 3.86. The summed E-state index contributed by atoms with van der Waals surface area (Å²) < 4.78 is 35.0. The Balaban J connectivity index is 1.86. The molecule has 0 saturated carbocycles. The second-order valence-electron chi connectivity index (χ2n) is 7.84. The van der Waals surface area contributed by atoms with Crippen LogP contribution in [0.3, 0.4) is 0 Å². The number of aliphatic hydroxyl groups is 5. The van der Waals surface area contributed by atoms with Crippen LogP contribution in [0.2, 0.25) is 5.02 Å². The summed E-state index contributed by atoms with van der Waals surface area (Å²) in [5.41, 5.74) is -0.258. The predicted octanol–water partition coefficient (Wildman–Crippen LogP) is 1.59. The topological polar surface area (TPSA) is 120 Å². The largest absolute Gasteiger partial charge is 0.488 e. The molecule has 3 rings (SSSR count). The van der Waals surface area contributed by atoms with E-state index in [0.717, 1.165) is 5.56 Å². The average molecular weight is 475 g/mol. The van der Waals surface area contributed by atoms with Crippen molar-refractivity contribution in [2.75, 3.05) is 19.8 Å². The second-order valence-corrected chi connectivity index (χ2v) is 8.25. The van der Waals surface area contributed by atoms with Gasteiger partial charge < -0.3 is 35.0 Å². The van der Waals surface area contributed by atoms with Gasteiger partial charge in [0, 0.05) is 17.0 Å². The van der Waals surface area contributed by atoms with Gasteiger partial charge >= 0.3 is 0 Å². The van der Waals surface area contributed by atoms with Crippen molar-refractivity contribution in [3.05, 3.63) is 64.2 Å². The van der Waals surface area contributed by atoms with E-state index in [4.69, 9.17) is 21.1 Å². The third-order valence-corrected chi connectivity index (χ3v) is 5.82. The van der Waals surface area contributed by atoms with Gasteiger partial charge in [-0.3, -0.25) is 0 Å². The lowest BCUT2D eigenvalue weighted by atomic mass is 9.83. The molecular formula is C22H25ClF2O7. The lowest BCUT2D eigenvalue weighted by molar-refractivity contribution is -0.369. The third kappa shape index (κ3) is 5.20. The van der Waals surface area contributed by atoms with Gasteiger partial charge in [-0.1, -0.05) is 29.8 Å². The highest BCUT2D eigenvalue weighted by molar-refractivity contribution is 6.31. The zero-order valence-corrected chi connectivity index (χ0v) is 17.8. The van der Waals surface area contributed by atoms with Gasteiger partial charge in [-0.15, -0.1) is 0 Å². The molecule has 1 fully saturated rings. The molecule has 1 aliphatic heterocycles. The van der Waals surface area contributed by atoms with Crippen LogP contribution < -0.4 is 4.74 Å². The van der Waals surface area contributed by atoms with Crippen molar-refractivity contribution < 1.29 is 43.8 Å². The van der Waals surface area contributed by atoms with Crippen LogP contribution in [0, 0.1) is 0 Å². The Morgan fingerprint density at radius 3 is 2.34 bits per heavy atom. The minimum Gasteiger partial charge on any atom is -0.488 e. The first kappa shape index (κ1) is 24.8. The molecule has 1 saturated heterocycles. The first-order valence-corrected chi connectivity index (χ1v) is 10.3. The highest BCUT2D eigenvalue weighted by Crippen LogP contribution is 2.41. The molecule has 0 radical (unpaired) electrons. The lowest BCUT2D eigenvalue weighted by Crippen LogP contribution is -2.63. The normalized spacial score (nSPS) is 25.2. The molecule has 0 amide bonds. The van der Waals surface area contributed by atoms with Crippen LogP contribution in [0.5, 0.6) is 5.75 Å². The monoisotopic (exact) mass is 474 g/mol. The standard InChI is InChI=1S/C22H25ClF2O7/c23-17-6-3-15(22(30)20(29)18(28)9-21(11-26,12-27)32-22)8-14(17)7-13-1-4-16(5-2-13)31-10-19(24)25/h1-6,8,18-20,26-30H,7,9-12H2/t18?,20-,22+/m1/s1. The van der Waals surface area contributed by atoms with Crippen molar-refractivity contribution in [2.24, 2.45) is 0 Å². The molecule has 5 N–H and O–H groups in total. The Labute approximate surface area is 188 Å². The van der Waals surface area contributed by atoms with Gasteiger partial charge in [0.1, 0.15) is 24.1 Å². The second kappa shape index (κ2) is 9.96. The Morgan fingerprint density at radius 2 is 1.75 bits per heavy atom. The van der Waals surface area contributed by atoms with Gasteiger partial charge in [-0.2, -0.15) is 0 Å². The Hall–Kier alpha value is -1.85. The van der Waals surface area contributed by atoms with Gasteiger partial charge in [-0.05, 0) is 41.8 Å². The van der Waals surface area contributed by atoms with E-state index in [9.17, 15) is 34.3 Å². The van der Waals surface area contributed by atoms with Gasteiger partial charge in [0.05, 0.1) is 19.3 Å². The summed E-state index contributed by atoms with van der Waals surface area (Å²) in [7, 11) is 0. The van der Waals surface area contributed by atoms with Gasteiger partial charge in [-0.25, -0.2) is 8.78 Å². The molecule has 2 aromatic carbocycles. The first-order chi connectivity index (χ1) is 15.1.